The van der Waals surface area contributed by atoms with Gasteiger partial charge in [0, 0.05) is 22.2 Å². The maximum atomic E-state index is 8.77. The van der Waals surface area contributed by atoms with Gasteiger partial charge in [0.15, 0.2) is 0 Å². The van der Waals surface area contributed by atoms with E-state index in [-0.39, 0.29) is 0 Å². The molecule has 0 aliphatic heterocycles. The molecule has 0 amide bonds. The van der Waals surface area contributed by atoms with Crippen molar-refractivity contribution < 1.29 is 0 Å². The summed E-state index contributed by atoms with van der Waals surface area (Å²) in [7, 11) is 0. The van der Waals surface area contributed by atoms with E-state index >= 15 is 0 Å². The third-order valence-electron chi connectivity index (χ3n) is 1.44. The first-order valence-corrected chi connectivity index (χ1v) is 5.17. The van der Waals surface area contributed by atoms with Gasteiger partial charge in [-0.3, -0.25) is 0 Å². The molecule has 0 saturated heterocycles. The van der Waals surface area contributed by atoms with E-state index in [2.05, 4.69) is 6.07 Å². The van der Waals surface area contributed by atoms with Crippen LogP contribution in [0, 0.1) is 11.3 Å². The quantitative estimate of drug-likeness (QED) is 0.782. The molecule has 4 heteroatoms. The first kappa shape index (κ1) is 10.4. The fourth-order valence-corrected chi connectivity index (χ4v) is 1.93. The highest BCUT2D eigenvalue weighted by molar-refractivity contribution is 7.99. The zero-order valence-electron chi connectivity index (χ0n) is 6.96. The van der Waals surface area contributed by atoms with Gasteiger partial charge in [-0.25, -0.2) is 0 Å². The fourth-order valence-electron chi connectivity index (χ4n) is 0.877. The summed E-state index contributed by atoms with van der Waals surface area (Å²) in [5, 5.41) is 9.42. The number of nitriles is 1. The molecule has 0 aliphatic rings. The van der Waals surface area contributed by atoms with Crippen LogP contribution in [0.5, 0.6) is 0 Å². The van der Waals surface area contributed by atoms with Crippen LogP contribution in [0.15, 0.2) is 23.1 Å². The van der Waals surface area contributed by atoms with Gasteiger partial charge in [-0.15, -0.1) is 11.8 Å². The Hall–Kier alpha value is -0.690. The molecule has 1 aromatic carbocycles. The lowest BCUT2D eigenvalue weighted by Gasteiger charge is -2.02. The van der Waals surface area contributed by atoms with Crippen molar-refractivity contribution >= 4 is 23.4 Å². The summed E-state index contributed by atoms with van der Waals surface area (Å²) in [4.78, 5) is 0.903. The third-order valence-corrected chi connectivity index (χ3v) is 2.76. The van der Waals surface area contributed by atoms with Gasteiger partial charge in [-0.05, 0) is 18.2 Å². The minimum atomic E-state index is 0.599. The van der Waals surface area contributed by atoms with E-state index in [0.717, 1.165) is 10.6 Å². The van der Waals surface area contributed by atoms with Gasteiger partial charge in [-0.1, -0.05) is 11.6 Å². The van der Waals surface area contributed by atoms with E-state index in [1.165, 1.54) is 0 Å². The summed E-state index contributed by atoms with van der Waals surface area (Å²) in [6.07, 6.45) is 0. The lowest BCUT2D eigenvalue weighted by atomic mass is 10.2. The molecule has 0 aliphatic carbocycles. The molecule has 0 aromatic heterocycles. The minimum Gasteiger partial charge on any atom is -0.330 e. The maximum Gasteiger partial charge on any atom is 0.100 e. The molecule has 0 unspecified atom stereocenters. The number of benzene rings is 1. The second kappa shape index (κ2) is 5.13. The van der Waals surface area contributed by atoms with Gasteiger partial charge < -0.3 is 5.73 Å². The van der Waals surface area contributed by atoms with Crippen LogP contribution in [0.1, 0.15) is 5.56 Å². The SMILES string of the molecule is N#Cc1ccc(Cl)cc1SCCN. The topological polar surface area (TPSA) is 49.8 Å². The molecule has 0 atom stereocenters. The Kier molecular flexibility index (Phi) is 4.10. The molecule has 0 fully saturated rings. The van der Waals surface area contributed by atoms with Gasteiger partial charge in [0.05, 0.1) is 5.56 Å². The van der Waals surface area contributed by atoms with E-state index in [1.54, 1.807) is 30.0 Å². The fraction of sp³-hybridized carbons (Fsp3) is 0.222. The van der Waals surface area contributed by atoms with Crippen LogP contribution in [0.2, 0.25) is 5.02 Å². The van der Waals surface area contributed by atoms with Crippen molar-refractivity contribution in [2.75, 3.05) is 12.3 Å². The number of rotatable bonds is 3. The molecule has 0 heterocycles. The maximum absolute atomic E-state index is 8.77. The molecular weight excluding hydrogens is 204 g/mol. The monoisotopic (exact) mass is 212 g/mol. The van der Waals surface area contributed by atoms with E-state index in [4.69, 9.17) is 22.6 Å². The van der Waals surface area contributed by atoms with Crippen LogP contribution in [-0.4, -0.2) is 12.3 Å². The summed E-state index contributed by atoms with van der Waals surface area (Å²) in [6.45, 7) is 0.599. The van der Waals surface area contributed by atoms with Crippen LogP contribution in [0.4, 0.5) is 0 Å². The van der Waals surface area contributed by atoms with Crippen molar-refractivity contribution in [2.45, 2.75) is 4.90 Å². The Labute approximate surface area is 86.7 Å². The smallest absolute Gasteiger partial charge is 0.100 e. The number of halogens is 1. The Bertz CT molecular complexity index is 333. The molecule has 2 nitrogen and oxygen atoms in total. The number of nitrogens with zero attached hydrogens (tertiary/aromatic N) is 1. The molecule has 1 rings (SSSR count). The first-order chi connectivity index (χ1) is 6.27. The van der Waals surface area contributed by atoms with Gasteiger partial charge in [0.25, 0.3) is 0 Å². The summed E-state index contributed by atoms with van der Waals surface area (Å²) in [5.74, 6) is 0.801. The molecule has 0 bridgehead atoms. The summed E-state index contributed by atoms with van der Waals surface area (Å²) < 4.78 is 0. The number of hydrogen-bond donors (Lipinski definition) is 1. The van der Waals surface area contributed by atoms with Gasteiger partial charge in [0.1, 0.15) is 6.07 Å². The van der Waals surface area contributed by atoms with Crippen molar-refractivity contribution in [1.29, 1.82) is 5.26 Å². The Balaban J connectivity index is 2.89. The zero-order valence-corrected chi connectivity index (χ0v) is 8.53. The highest BCUT2D eigenvalue weighted by atomic mass is 35.5. The number of hydrogen-bond acceptors (Lipinski definition) is 3. The third kappa shape index (κ3) is 2.92. The Morgan fingerprint density at radius 3 is 2.92 bits per heavy atom. The van der Waals surface area contributed by atoms with Crippen molar-refractivity contribution in [3.8, 4) is 6.07 Å². The van der Waals surface area contributed by atoms with Crippen LogP contribution < -0.4 is 5.73 Å². The second-order valence-electron chi connectivity index (χ2n) is 2.39. The predicted octanol–water partition coefficient (Wildman–Crippen LogP) is 2.26. The lowest BCUT2D eigenvalue weighted by Crippen LogP contribution is -2.01. The summed E-state index contributed by atoms with van der Waals surface area (Å²) in [5.41, 5.74) is 6.02. The highest BCUT2D eigenvalue weighted by Crippen LogP contribution is 2.25. The van der Waals surface area contributed by atoms with Crippen LogP contribution in [-0.2, 0) is 0 Å². The van der Waals surface area contributed by atoms with Crippen molar-refractivity contribution in [1.82, 2.24) is 0 Å². The molecule has 1 aromatic rings. The minimum absolute atomic E-state index is 0.599. The zero-order chi connectivity index (χ0) is 9.68. The molecule has 0 radical (unpaired) electrons. The molecular formula is C9H9ClN2S. The molecule has 2 N–H and O–H groups in total. The van der Waals surface area contributed by atoms with Crippen LogP contribution >= 0.6 is 23.4 Å². The van der Waals surface area contributed by atoms with Gasteiger partial charge in [-0.2, -0.15) is 5.26 Å². The Morgan fingerprint density at radius 1 is 1.54 bits per heavy atom. The number of thioether (sulfide) groups is 1. The van der Waals surface area contributed by atoms with Crippen LogP contribution in [0.25, 0.3) is 0 Å². The average Bonchev–Trinajstić information content (AvgIpc) is 2.15. The van der Waals surface area contributed by atoms with E-state index in [1.807, 2.05) is 0 Å². The summed E-state index contributed by atoms with van der Waals surface area (Å²) in [6, 6.07) is 7.34. The van der Waals surface area contributed by atoms with Crippen molar-refractivity contribution in [3.05, 3.63) is 28.8 Å². The lowest BCUT2D eigenvalue weighted by molar-refractivity contribution is 1.15. The van der Waals surface area contributed by atoms with E-state index < -0.39 is 0 Å². The number of nitrogens with two attached hydrogens (primary N) is 1. The predicted molar refractivity (Wildman–Crippen MR) is 55.9 cm³/mol. The Morgan fingerprint density at radius 2 is 2.31 bits per heavy atom. The molecule has 68 valence electrons. The van der Waals surface area contributed by atoms with E-state index in [0.29, 0.717) is 17.1 Å². The molecule has 0 saturated carbocycles. The van der Waals surface area contributed by atoms with Gasteiger partial charge >= 0.3 is 0 Å². The second-order valence-corrected chi connectivity index (χ2v) is 3.96. The molecule has 0 spiro atoms. The first-order valence-electron chi connectivity index (χ1n) is 3.80. The van der Waals surface area contributed by atoms with E-state index in [9.17, 15) is 0 Å². The van der Waals surface area contributed by atoms with Gasteiger partial charge in [0.2, 0.25) is 0 Å². The standard InChI is InChI=1S/C9H9ClN2S/c10-8-2-1-7(6-12)9(5-8)13-4-3-11/h1-2,5H,3-4,11H2. The largest absolute Gasteiger partial charge is 0.330 e. The molecule has 13 heavy (non-hydrogen) atoms. The normalized spacial score (nSPS) is 9.62. The average molecular weight is 213 g/mol. The summed E-state index contributed by atoms with van der Waals surface area (Å²) >= 11 is 7.35. The highest BCUT2D eigenvalue weighted by Gasteiger charge is 2.02. The van der Waals surface area contributed by atoms with Crippen molar-refractivity contribution in [3.63, 3.8) is 0 Å². The van der Waals surface area contributed by atoms with Crippen molar-refractivity contribution in [2.24, 2.45) is 5.73 Å². The van der Waals surface area contributed by atoms with Crippen LogP contribution in [0.3, 0.4) is 0 Å².